The van der Waals surface area contributed by atoms with Crippen LogP contribution >= 0.6 is 0 Å². The van der Waals surface area contributed by atoms with Gasteiger partial charge in [0.15, 0.2) is 0 Å². The molecule has 1 N–H and O–H groups in total. The third-order valence-corrected chi connectivity index (χ3v) is 2.03. The molecule has 0 amide bonds. The van der Waals surface area contributed by atoms with Gasteiger partial charge < -0.3 is 5.32 Å². The van der Waals surface area contributed by atoms with Crippen LogP contribution in [0.4, 0.5) is 5.69 Å². The largest absolute Gasteiger partial charge is 0.381 e. The minimum Gasteiger partial charge on any atom is -0.381 e. The zero-order valence-corrected chi connectivity index (χ0v) is 8.66. The van der Waals surface area contributed by atoms with Crippen molar-refractivity contribution in [3.63, 3.8) is 0 Å². The summed E-state index contributed by atoms with van der Waals surface area (Å²) in [6, 6.07) is 8.36. The summed E-state index contributed by atoms with van der Waals surface area (Å²) in [5.74, 6) is 0. The summed E-state index contributed by atoms with van der Waals surface area (Å²) in [6.45, 7) is 6.54. The first-order valence-electron chi connectivity index (χ1n) is 4.92. The van der Waals surface area contributed by atoms with Gasteiger partial charge in [-0.1, -0.05) is 36.4 Å². The molecule has 0 saturated heterocycles. The highest BCUT2D eigenvalue weighted by molar-refractivity contribution is 5.52. The molecule has 14 heavy (non-hydrogen) atoms. The van der Waals surface area contributed by atoms with Crippen LogP contribution in [0, 0.1) is 0 Å². The smallest absolute Gasteiger partial charge is 0.0378 e. The summed E-state index contributed by atoms with van der Waals surface area (Å²) in [6.07, 6.45) is 7.09. The molecule has 0 aliphatic rings. The summed E-state index contributed by atoms with van der Waals surface area (Å²) in [4.78, 5) is 0. The van der Waals surface area contributed by atoms with Crippen molar-refractivity contribution < 1.29 is 0 Å². The Bertz CT molecular complexity index is 313. The van der Waals surface area contributed by atoms with Gasteiger partial charge >= 0.3 is 0 Å². The Kier molecular flexibility index (Phi) is 4.56. The number of hydrogen-bond acceptors (Lipinski definition) is 1. The molecule has 0 fully saturated rings. The molecule has 0 unspecified atom stereocenters. The van der Waals surface area contributed by atoms with Crippen molar-refractivity contribution in [2.75, 3.05) is 11.9 Å². The molecular formula is C13H17N. The minimum atomic E-state index is 0.812. The van der Waals surface area contributed by atoms with Crippen LogP contribution in [0.3, 0.4) is 0 Å². The van der Waals surface area contributed by atoms with E-state index in [0.717, 1.165) is 13.0 Å². The molecule has 0 bridgehead atoms. The molecule has 0 aliphatic carbocycles. The molecule has 0 atom stereocenters. The van der Waals surface area contributed by atoms with Gasteiger partial charge in [0.1, 0.15) is 0 Å². The van der Waals surface area contributed by atoms with E-state index in [1.54, 1.807) is 0 Å². The van der Waals surface area contributed by atoms with Gasteiger partial charge in [-0.3, -0.25) is 0 Å². The Labute approximate surface area is 86.2 Å². The van der Waals surface area contributed by atoms with E-state index in [4.69, 9.17) is 0 Å². The minimum absolute atomic E-state index is 0.812. The van der Waals surface area contributed by atoms with Gasteiger partial charge in [0, 0.05) is 12.2 Å². The maximum absolute atomic E-state index is 3.69. The van der Waals surface area contributed by atoms with Crippen molar-refractivity contribution in [1.82, 2.24) is 0 Å². The van der Waals surface area contributed by atoms with Crippen LogP contribution in [0.1, 0.15) is 12.5 Å². The Hall–Kier alpha value is -1.50. The number of nitrogens with one attached hydrogen (secondary N) is 1. The fourth-order valence-electron chi connectivity index (χ4n) is 1.30. The first-order chi connectivity index (χ1) is 6.88. The van der Waals surface area contributed by atoms with Crippen LogP contribution in [-0.4, -0.2) is 6.54 Å². The molecule has 1 heteroatoms. The van der Waals surface area contributed by atoms with Crippen molar-refractivity contribution >= 4 is 5.69 Å². The zero-order valence-electron chi connectivity index (χ0n) is 8.66. The van der Waals surface area contributed by atoms with Gasteiger partial charge in [-0.15, -0.1) is 6.58 Å². The quantitative estimate of drug-likeness (QED) is 0.697. The molecule has 0 saturated carbocycles. The molecule has 1 aromatic carbocycles. The highest BCUT2D eigenvalue weighted by Crippen LogP contribution is 2.15. The van der Waals surface area contributed by atoms with Gasteiger partial charge in [0.2, 0.25) is 0 Å². The van der Waals surface area contributed by atoms with Crippen molar-refractivity contribution in [2.45, 2.75) is 13.3 Å². The lowest BCUT2D eigenvalue weighted by molar-refractivity contribution is 1.22. The fraction of sp³-hybridized carbons (Fsp3) is 0.231. The number of allylic oxidation sites excluding steroid dienone is 2. The van der Waals surface area contributed by atoms with Gasteiger partial charge in [0.25, 0.3) is 0 Å². The molecule has 1 nitrogen and oxygen atoms in total. The fourth-order valence-corrected chi connectivity index (χ4v) is 1.30. The molecule has 74 valence electrons. The number of anilines is 1. The van der Waals surface area contributed by atoms with E-state index in [1.807, 2.05) is 19.1 Å². The van der Waals surface area contributed by atoms with Crippen molar-refractivity contribution in [1.29, 1.82) is 0 Å². The first-order valence-corrected chi connectivity index (χ1v) is 4.92. The molecule has 0 spiro atoms. The molecule has 0 aliphatic heterocycles. The van der Waals surface area contributed by atoms with Crippen molar-refractivity contribution in [3.05, 3.63) is 54.6 Å². The predicted octanol–water partition coefficient (Wildman–Crippen LogP) is 3.40. The maximum atomic E-state index is 3.69. The van der Waals surface area contributed by atoms with Crippen molar-refractivity contribution in [3.8, 4) is 0 Å². The lowest BCUT2D eigenvalue weighted by atomic mass is 10.1. The third-order valence-electron chi connectivity index (χ3n) is 2.03. The van der Waals surface area contributed by atoms with Crippen LogP contribution in [0.15, 0.2) is 49.1 Å². The Morgan fingerprint density at radius 1 is 1.36 bits per heavy atom. The highest BCUT2D eigenvalue weighted by atomic mass is 14.9. The monoisotopic (exact) mass is 187 g/mol. The second-order valence-electron chi connectivity index (χ2n) is 3.10. The normalized spacial score (nSPS) is 10.4. The molecular weight excluding hydrogens is 170 g/mol. The topological polar surface area (TPSA) is 12.0 Å². The summed E-state index contributed by atoms with van der Waals surface area (Å²) < 4.78 is 0. The Balaban J connectivity index is 2.74. The number of para-hydroxylation sites is 1. The van der Waals surface area contributed by atoms with Gasteiger partial charge in [-0.25, -0.2) is 0 Å². The van der Waals surface area contributed by atoms with E-state index in [0.29, 0.717) is 0 Å². The van der Waals surface area contributed by atoms with E-state index in [9.17, 15) is 0 Å². The van der Waals surface area contributed by atoms with Crippen LogP contribution in [0.25, 0.3) is 0 Å². The van der Waals surface area contributed by atoms with Crippen LogP contribution < -0.4 is 5.32 Å². The van der Waals surface area contributed by atoms with E-state index < -0.39 is 0 Å². The van der Waals surface area contributed by atoms with Crippen LogP contribution in [-0.2, 0) is 6.42 Å². The summed E-state index contributed by atoms with van der Waals surface area (Å²) in [7, 11) is 0. The van der Waals surface area contributed by atoms with E-state index >= 15 is 0 Å². The van der Waals surface area contributed by atoms with Crippen LogP contribution in [0.2, 0.25) is 0 Å². The second-order valence-corrected chi connectivity index (χ2v) is 3.10. The maximum Gasteiger partial charge on any atom is 0.0378 e. The lowest BCUT2D eigenvalue weighted by Crippen LogP contribution is -2.00. The third kappa shape index (κ3) is 3.09. The molecule has 0 heterocycles. The second kappa shape index (κ2) is 6.03. The summed E-state index contributed by atoms with van der Waals surface area (Å²) in [5.41, 5.74) is 2.53. The average Bonchev–Trinajstić information content (AvgIpc) is 2.24. The van der Waals surface area contributed by atoms with Crippen LogP contribution in [0.5, 0.6) is 0 Å². The zero-order chi connectivity index (χ0) is 10.2. The Morgan fingerprint density at radius 2 is 2.14 bits per heavy atom. The average molecular weight is 187 g/mol. The Morgan fingerprint density at radius 3 is 2.86 bits per heavy atom. The van der Waals surface area contributed by atoms with E-state index in [1.165, 1.54) is 11.3 Å². The number of hydrogen-bond donors (Lipinski definition) is 1. The molecule has 0 aromatic heterocycles. The standard InChI is InChI=1S/C13H17N/c1-3-5-8-12-9-6-7-10-13(12)14-11-4-2/h3-7,9-10,14H,2,8,11H2,1H3/b5-3-. The number of rotatable bonds is 5. The summed E-state index contributed by atoms with van der Waals surface area (Å²) in [5, 5.41) is 3.32. The molecule has 1 rings (SSSR count). The van der Waals surface area contributed by atoms with Crippen molar-refractivity contribution in [2.24, 2.45) is 0 Å². The highest BCUT2D eigenvalue weighted by Gasteiger charge is 1.96. The first kappa shape index (κ1) is 10.6. The molecule has 1 aromatic rings. The summed E-state index contributed by atoms with van der Waals surface area (Å²) >= 11 is 0. The van der Waals surface area contributed by atoms with E-state index in [2.05, 4.69) is 42.2 Å². The SMILES string of the molecule is C=CCNc1ccccc1C/C=C\C. The predicted molar refractivity (Wildman–Crippen MR) is 63.6 cm³/mol. The van der Waals surface area contributed by atoms with Gasteiger partial charge in [-0.2, -0.15) is 0 Å². The van der Waals surface area contributed by atoms with Gasteiger partial charge in [0.05, 0.1) is 0 Å². The lowest BCUT2D eigenvalue weighted by Gasteiger charge is -2.08. The number of benzene rings is 1. The van der Waals surface area contributed by atoms with E-state index in [-0.39, 0.29) is 0 Å². The molecule has 0 radical (unpaired) electrons. The van der Waals surface area contributed by atoms with Gasteiger partial charge in [-0.05, 0) is 25.0 Å².